The van der Waals surface area contributed by atoms with Gasteiger partial charge in [0.2, 0.25) is 15.9 Å². The summed E-state index contributed by atoms with van der Waals surface area (Å²) in [6.45, 7) is 6.18. The second-order valence-corrected chi connectivity index (χ2v) is 10.1. The molecule has 3 heterocycles. The third kappa shape index (κ3) is 3.93. The summed E-state index contributed by atoms with van der Waals surface area (Å²) in [7, 11) is -3.19. The molecule has 0 saturated carbocycles. The first-order valence-electron chi connectivity index (χ1n) is 9.52. The summed E-state index contributed by atoms with van der Waals surface area (Å²) in [6.07, 6.45) is 7.23. The molecule has 0 aliphatic carbocycles. The van der Waals surface area contributed by atoms with Gasteiger partial charge in [0.1, 0.15) is 0 Å². The topological polar surface area (TPSA) is 70.6 Å². The van der Waals surface area contributed by atoms with Gasteiger partial charge in [0.15, 0.2) is 0 Å². The number of aromatic nitrogens is 1. The zero-order valence-electron chi connectivity index (χ0n) is 15.7. The van der Waals surface area contributed by atoms with Gasteiger partial charge < -0.3 is 4.90 Å². The fourth-order valence-electron chi connectivity index (χ4n) is 4.04. The highest BCUT2D eigenvalue weighted by atomic mass is 32.2. The molecular formula is C19H29N3O3S. The number of sulfonamides is 1. The molecule has 0 radical (unpaired) electrons. The van der Waals surface area contributed by atoms with E-state index >= 15 is 0 Å². The maximum absolute atomic E-state index is 12.6. The maximum atomic E-state index is 12.6. The van der Waals surface area contributed by atoms with Crippen molar-refractivity contribution in [1.82, 2.24) is 14.2 Å². The van der Waals surface area contributed by atoms with Crippen molar-refractivity contribution in [3.63, 3.8) is 0 Å². The van der Waals surface area contributed by atoms with E-state index in [-0.39, 0.29) is 16.6 Å². The van der Waals surface area contributed by atoms with Gasteiger partial charge in [0.05, 0.1) is 5.25 Å². The molecule has 144 valence electrons. The lowest BCUT2D eigenvalue weighted by atomic mass is 9.72. The fraction of sp³-hybridized carbons (Fsp3) is 0.684. The van der Waals surface area contributed by atoms with Crippen molar-refractivity contribution >= 4 is 15.9 Å². The van der Waals surface area contributed by atoms with Crippen molar-refractivity contribution in [2.45, 2.75) is 57.7 Å². The van der Waals surface area contributed by atoms with Gasteiger partial charge in [-0.15, -0.1) is 0 Å². The van der Waals surface area contributed by atoms with Crippen molar-refractivity contribution in [3.05, 3.63) is 30.1 Å². The van der Waals surface area contributed by atoms with Gasteiger partial charge in [0.25, 0.3) is 0 Å². The average Bonchev–Trinajstić information content (AvgIpc) is 2.65. The molecule has 2 saturated heterocycles. The third-order valence-electron chi connectivity index (χ3n) is 6.10. The van der Waals surface area contributed by atoms with Crippen LogP contribution in [0.2, 0.25) is 0 Å². The molecule has 1 unspecified atom stereocenters. The molecule has 7 heteroatoms. The lowest BCUT2D eigenvalue weighted by molar-refractivity contribution is -0.139. The molecule has 26 heavy (non-hydrogen) atoms. The third-order valence-corrected chi connectivity index (χ3v) is 8.53. The summed E-state index contributed by atoms with van der Waals surface area (Å²) in [5.74, 6) is 0.196. The number of amides is 1. The Morgan fingerprint density at radius 3 is 2.46 bits per heavy atom. The summed E-state index contributed by atoms with van der Waals surface area (Å²) >= 11 is 0. The molecule has 3 rings (SSSR count). The van der Waals surface area contributed by atoms with E-state index in [9.17, 15) is 13.2 Å². The lowest BCUT2D eigenvalue weighted by Gasteiger charge is -2.47. The molecule has 1 aromatic rings. The monoisotopic (exact) mass is 379 g/mol. The highest BCUT2D eigenvalue weighted by Crippen LogP contribution is 2.41. The van der Waals surface area contributed by atoms with Gasteiger partial charge in [-0.05, 0) is 55.7 Å². The first kappa shape index (κ1) is 19.3. The Labute approximate surface area is 156 Å². The molecule has 0 bridgehead atoms. The molecular weight excluding hydrogens is 350 g/mol. The predicted octanol–water partition coefficient (Wildman–Crippen LogP) is 2.41. The van der Waals surface area contributed by atoms with Crippen LogP contribution in [0.4, 0.5) is 0 Å². The van der Waals surface area contributed by atoms with Crippen LogP contribution in [0.5, 0.6) is 0 Å². The molecule has 0 N–H and O–H groups in total. The Morgan fingerprint density at radius 1 is 1.19 bits per heavy atom. The van der Waals surface area contributed by atoms with Crippen LogP contribution >= 0.6 is 0 Å². The number of likely N-dealkylation sites (tertiary alicyclic amines) is 1. The van der Waals surface area contributed by atoms with Gasteiger partial charge in [0, 0.05) is 45.0 Å². The number of nitrogens with zero attached hydrogens (tertiary/aromatic N) is 3. The van der Waals surface area contributed by atoms with E-state index in [2.05, 4.69) is 4.98 Å². The van der Waals surface area contributed by atoms with Crippen LogP contribution in [0.15, 0.2) is 24.5 Å². The molecule has 1 amide bonds. The van der Waals surface area contributed by atoms with Gasteiger partial charge >= 0.3 is 0 Å². The van der Waals surface area contributed by atoms with E-state index in [1.807, 2.05) is 24.0 Å². The van der Waals surface area contributed by atoms with Crippen LogP contribution in [0.25, 0.3) is 0 Å². The Kier molecular flexibility index (Phi) is 5.67. The Balaban J connectivity index is 1.65. The Bertz CT molecular complexity index is 728. The number of rotatable bonds is 5. The fourth-order valence-corrected chi connectivity index (χ4v) is 5.66. The van der Waals surface area contributed by atoms with Crippen LogP contribution in [-0.4, -0.2) is 53.4 Å². The second kappa shape index (κ2) is 7.64. The average molecular weight is 380 g/mol. The van der Waals surface area contributed by atoms with Crippen molar-refractivity contribution in [3.8, 4) is 0 Å². The predicted molar refractivity (Wildman–Crippen MR) is 101 cm³/mol. The minimum atomic E-state index is -3.19. The molecule has 2 aliphatic heterocycles. The number of hydrogen-bond donors (Lipinski definition) is 0. The Morgan fingerprint density at radius 2 is 1.85 bits per heavy atom. The van der Waals surface area contributed by atoms with E-state index in [0.717, 1.165) is 31.4 Å². The minimum Gasteiger partial charge on any atom is -0.338 e. The summed E-state index contributed by atoms with van der Waals surface area (Å²) in [5, 5.41) is -0.326. The van der Waals surface area contributed by atoms with Crippen LogP contribution in [-0.2, 0) is 21.4 Å². The molecule has 1 aromatic heterocycles. The zero-order chi connectivity index (χ0) is 18.8. The van der Waals surface area contributed by atoms with Crippen molar-refractivity contribution in [1.29, 1.82) is 0 Å². The van der Waals surface area contributed by atoms with E-state index in [0.29, 0.717) is 32.5 Å². The molecule has 1 atom stereocenters. The highest BCUT2D eigenvalue weighted by Gasteiger charge is 2.43. The smallest absolute Gasteiger partial charge is 0.222 e. The van der Waals surface area contributed by atoms with E-state index < -0.39 is 10.0 Å². The molecule has 2 aliphatic rings. The van der Waals surface area contributed by atoms with E-state index in [4.69, 9.17) is 0 Å². The molecule has 1 spiro atoms. The van der Waals surface area contributed by atoms with Crippen LogP contribution in [0, 0.1) is 5.41 Å². The van der Waals surface area contributed by atoms with Crippen molar-refractivity contribution < 1.29 is 13.2 Å². The zero-order valence-corrected chi connectivity index (χ0v) is 16.5. The van der Waals surface area contributed by atoms with Gasteiger partial charge in [-0.3, -0.25) is 9.78 Å². The SMILES string of the molecule is CCC(C)S(=O)(=O)N1CCC2(CCC(=O)N(Cc3ccncc3)C2)CC1. The number of carbonyl (C=O) groups is 1. The van der Waals surface area contributed by atoms with Gasteiger partial charge in [-0.1, -0.05) is 6.92 Å². The second-order valence-electron chi connectivity index (χ2n) is 7.77. The quantitative estimate of drug-likeness (QED) is 0.788. The largest absolute Gasteiger partial charge is 0.338 e. The summed E-state index contributed by atoms with van der Waals surface area (Å²) in [5.41, 5.74) is 1.14. The standard InChI is InChI=1S/C19H29N3O3S/c1-3-16(2)26(24,25)22-12-8-19(9-13-22)7-4-18(23)21(15-19)14-17-5-10-20-11-6-17/h5-6,10-11,16H,3-4,7-9,12-15H2,1-2H3. The van der Waals surface area contributed by atoms with Crippen LogP contribution < -0.4 is 0 Å². The van der Waals surface area contributed by atoms with E-state index in [1.54, 1.807) is 23.6 Å². The van der Waals surface area contributed by atoms with Crippen LogP contribution in [0.1, 0.15) is 51.5 Å². The van der Waals surface area contributed by atoms with Crippen molar-refractivity contribution in [2.24, 2.45) is 5.41 Å². The normalized spacial score (nSPS) is 22.5. The number of carbonyl (C=O) groups excluding carboxylic acids is 1. The van der Waals surface area contributed by atoms with Crippen LogP contribution in [0.3, 0.4) is 0 Å². The summed E-state index contributed by atoms with van der Waals surface area (Å²) in [4.78, 5) is 18.3. The minimum absolute atomic E-state index is 0.0579. The van der Waals surface area contributed by atoms with E-state index in [1.165, 1.54) is 0 Å². The number of piperidine rings is 2. The maximum Gasteiger partial charge on any atom is 0.222 e. The number of pyridine rings is 1. The van der Waals surface area contributed by atoms with Gasteiger partial charge in [-0.25, -0.2) is 12.7 Å². The first-order chi connectivity index (χ1) is 12.4. The molecule has 0 aromatic carbocycles. The summed E-state index contributed by atoms with van der Waals surface area (Å²) < 4.78 is 26.9. The van der Waals surface area contributed by atoms with Crippen molar-refractivity contribution in [2.75, 3.05) is 19.6 Å². The molecule has 2 fully saturated rings. The molecule has 6 nitrogen and oxygen atoms in total. The highest BCUT2D eigenvalue weighted by molar-refractivity contribution is 7.89. The Hall–Kier alpha value is -1.47. The summed E-state index contributed by atoms with van der Waals surface area (Å²) in [6, 6.07) is 3.88. The van der Waals surface area contributed by atoms with Gasteiger partial charge in [-0.2, -0.15) is 0 Å². The number of hydrogen-bond acceptors (Lipinski definition) is 4. The lowest BCUT2D eigenvalue weighted by Crippen LogP contribution is -2.52. The first-order valence-corrected chi connectivity index (χ1v) is 11.0.